The summed E-state index contributed by atoms with van der Waals surface area (Å²) in [6.45, 7) is 12.1. The Morgan fingerprint density at radius 1 is 1.10 bits per heavy atom. The summed E-state index contributed by atoms with van der Waals surface area (Å²) in [6.07, 6.45) is 3.67. The highest BCUT2D eigenvalue weighted by Crippen LogP contribution is 2.18. The van der Waals surface area contributed by atoms with Crippen LogP contribution in [0.4, 0.5) is 0 Å². The molecule has 1 aromatic rings. The first-order valence-corrected chi connectivity index (χ1v) is 10.5. The summed E-state index contributed by atoms with van der Waals surface area (Å²) < 4.78 is 5.82. The number of carbonyl (C=O) groups excluding carboxylic acids is 1. The van der Waals surface area contributed by atoms with Crippen molar-refractivity contribution in [2.24, 2.45) is 0 Å². The van der Waals surface area contributed by atoms with Crippen LogP contribution in [0.3, 0.4) is 0 Å². The van der Waals surface area contributed by atoms with E-state index in [1.807, 2.05) is 12.1 Å². The molecule has 2 heterocycles. The molecule has 29 heavy (non-hydrogen) atoms. The summed E-state index contributed by atoms with van der Waals surface area (Å²) >= 11 is 0. The predicted octanol–water partition coefficient (Wildman–Crippen LogP) is 3.74. The van der Waals surface area contributed by atoms with E-state index in [9.17, 15) is 4.79 Å². The average molecular weight is 446 g/mol. The molecule has 2 saturated heterocycles. The van der Waals surface area contributed by atoms with Crippen LogP contribution in [0.25, 0.3) is 0 Å². The first-order chi connectivity index (χ1) is 13.1. The lowest BCUT2D eigenvalue weighted by molar-refractivity contribution is -0.0704. The standard InChI is InChI=1S/C22H35N3O2.2ClH/c1-4-13-25(21-9-11-23-12-10-21)22(26)20-7-5-19(6-8-20)16-24-14-17(2)27-18(3)15-24;;/h5-8,17-18,21,23H,4,9-16H2,1-3H3;2*1H. The van der Waals surface area contributed by atoms with Crippen molar-refractivity contribution in [2.45, 2.75) is 64.8 Å². The van der Waals surface area contributed by atoms with Gasteiger partial charge in [0.2, 0.25) is 0 Å². The fourth-order valence-corrected chi connectivity index (χ4v) is 4.40. The molecule has 2 atom stereocenters. The topological polar surface area (TPSA) is 44.8 Å². The molecule has 0 spiro atoms. The minimum absolute atomic E-state index is 0. The second-order valence-corrected chi connectivity index (χ2v) is 8.13. The van der Waals surface area contributed by atoms with Gasteiger partial charge in [-0.2, -0.15) is 0 Å². The Hall–Kier alpha value is -0.850. The van der Waals surface area contributed by atoms with Gasteiger partial charge >= 0.3 is 0 Å². The Bertz CT molecular complexity index is 599. The van der Waals surface area contributed by atoms with E-state index in [1.54, 1.807) is 0 Å². The molecule has 2 unspecified atom stereocenters. The zero-order chi connectivity index (χ0) is 19.2. The zero-order valence-corrected chi connectivity index (χ0v) is 19.6. The van der Waals surface area contributed by atoms with Gasteiger partial charge in [-0.05, 0) is 63.9 Å². The molecule has 1 N–H and O–H groups in total. The number of piperidine rings is 1. The molecule has 2 fully saturated rings. The first-order valence-electron chi connectivity index (χ1n) is 10.5. The van der Waals surface area contributed by atoms with Gasteiger partial charge in [-0.1, -0.05) is 19.1 Å². The minimum atomic E-state index is 0. The third-order valence-electron chi connectivity index (χ3n) is 5.58. The third kappa shape index (κ3) is 7.41. The van der Waals surface area contributed by atoms with E-state index in [2.05, 4.69) is 48.0 Å². The number of amides is 1. The van der Waals surface area contributed by atoms with Crippen LogP contribution >= 0.6 is 24.8 Å². The van der Waals surface area contributed by atoms with E-state index in [-0.39, 0.29) is 42.9 Å². The summed E-state index contributed by atoms with van der Waals surface area (Å²) in [5.41, 5.74) is 2.08. The van der Waals surface area contributed by atoms with E-state index < -0.39 is 0 Å². The van der Waals surface area contributed by atoms with Crippen LogP contribution < -0.4 is 5.32 Å². The fraction of sp³-hybridized carbons (Fsp3) is 0.682. The largest absolute Gasteiger partial charge is 0.373 e. The molecule has 2 aliphatic rings. The Labute approximate surface area is 188 Å². The monoisotopic (exact) mass is 445 g/mol. The van der Waals surface area contributed by atoms with Crippen molar-refractivity contribution in [2.75, 3.05) is 32.7 Å². The number of hydrogen-bond donors (Lipinski definition) is 1. The SMILES string of the molecule is CCCN(C(=O)c1ccc(CN2CC(C)OC(C)C2)cc1)C1CCNCC1.Cl.Cl. The Morgan fingerprint density at radius 2 is 1.69 bits per heavy atom. The van der Waals surface area contributed by atoms with E-state index in [0.717, 1.165) is 64.1 Å². The average Bonchev–Trinajstić information content (AvgIpc) is 2.66. The van der Waals surface area contributed by atoms with E-state index in [0.29, 0.717) is 6.04 Å². The molecule has 0 aliphatic carbocycles. The van der Waals surface area contributed by atoms with Gasteiger partial charge < -0.3 is 15.0 Å². The zero-order valence-electron chi connectivity index (χ0n) is 17.9. The fourth-order valence-electron chi connectivity index (χ4n) is 4.40. The van der Waals surface area contributed by atoms with Crippen LogP contribution in [0.15, 0.2) is 24.3 Å². The normalized spacial score (nSPS) is 23.0. The van der Waals surface area contributed by atoms with Gasteiger partial charge in [0.1, 0.15) is 0 Å². The molecule has 3 rings (SSSR count). The summed E-state index contributed by atoms with van der Waals surface area (Å²) in [4.78, 5) is 17.6. The molecule has 0 saturated carbocycles. The molecule has 1 aromatic carbocycles. The third-order valence-corrected chi connectivity index (χ3v) is 5.58. The van der Waals surface area contributed by atoms with Crippen LogP contribution in [0.2, 0.25) is 0 Å². The van der Waals surface area contributed by atoms with Crippen LogP contribution in [0, 0.1) is 0 Å². The van der Waals surface area contributed by atoms with Crippen LogP contribution in [-0.4, -0.2) is 66.7 Å². The van der Waals surface area contributed by atoms with E-state index in [4.69, 9.17) is 4.74 Å². The number of rotatable bonds is 6. The van der Waals surface area contributed by atoms with Crippen molar-refractivity contribution in [3.63, 3.8) is 0 Å². The molecule has 0 bridgehead atoms. The summed E-state index contributed by atoms with van der Waals surface area (Å²) in [7, 11) is 0. The Morgan fingerprint density at radius 3 is 2.24 bits per heavy atom. The van der Waals surface area contributed by atoms with Crippen molar-refractivity contribution in [1.82, 2.24) is 15.1 Å². The van der Waals surface area contributed by atoms with Gasteiger partial charge in [0.15, 0.2) is 0 Å². The van der Waals surface area contributed by atoms with Gasteiger partial charge in [-0.25, -0.2) is 0 Å². The molecule has 7 heteroatoms. The predicted molar refractivity (Wildman–Crippen MR) is 123 cm³/mol. The smallest absolute Gasteiger partial charge is 0.254 e. The lowest BCUT2D eigenvalue weighted by Gasteiger charge is -2.35. The maximum atomic E-state index is 13.1. The number of morpholine rings is 1. The number of hydrogen-bond acceptors (Lipinski definition) is 4. The van der Waals surface area contributed by atoms with Crippen LogP contribution in [0.5, 0.6) is 0 Å². The molecule has 166 valence electrons. The quantitative estimate of drug-likeness (QED) is 0.723. The maximum absolute atomic E-state index is 13.1. The number of ether oxygens (including phenoxy) is 1. The summed E-state index contributed by atoms with van der Waals surface area (Å²) in [5.74, 6) is 0.184. The second-order valence-electron chi connectivity index (χ2n) is 8.13. The number of nitrogens with zero attached hydrogens (tertiary/aromatic N) is 2. The number of nitrogens with one attached hydrogen (secondary N) is 1. The van der Waals surface area contributed by atoms with Crippen molar-refractivity contribution >= 4 is 30.7 Å². The van der Waals surface area contributed by atoms with E-state index >= 15 is 0 Å². The van der Waals surface area contributed by atoms with Crippen molar-refractivity contribution in [1.29, 1.82) is 0 Å². The highest BCUT2D eigenvalue weighted by Gasteiger charge is 2.26. The molecule has 0 aromatic heterocycles. The lowest BCUT2D eigenvalue weighted by atomic mass is 10.0. The van der Waals surface area contributed by atoms with Gasteiger partial charge in [-0.15, -0.1) is 24.8 Å². The number of benzene rings is 1. The first kappa shape index (κ1) is 26.2. The van der Waals surface area contributed by atoms with Crippen molar-refractivity contribution < 1.29 is 9.53 Å². The van der Waals surface area contributed by atoms with Crippen molar-refractivity contribution in [3.8, 4) is 0 Å². The highest BCUT2D eigenvalue weighted by molar-refractivity contribution is 5.94. The van der Waals surface area contributed by atoms with Gasteiger partial charge in [0.05, 0.1) is 12.2 Å². The number of halogens is 2. The number of carbonyl (C=O) groups is 1. The van der Waals surface area contributed by atoms with Gasteiger partial charge in [0.25, 0.3) is 5.91 Å². The van der Waals surface area contributed by atoms with Gasteiger partial charge in [0, 0.05) is 37.8 Å². The summed E-state index contributed by atoms with van der Waals surface area (Å²) in [5, 5.41) is 3.39. The molecule has 0 radical (unpaired) electrons. The lowest BCUT2D eigenvalue weighted by Crippen LogP contribution is -2.46. The van der Waals surface area contributed by atoms with Gasteiger partial charge in [-0.3, -0.25) is 9.69 Å². The van der Waals surface area contributed by atoms with Crippen molar-refractivity contribution in [3.05, 3.63) is 35.4 Å². The highest BCUT2D eigenvalue weighted by atomic mass is 35.5. The molecular formula is C22H37Cl2N3O2. The minimum Gasteiger partial charge on any atom is -0.373 e. The van der Waals surface area contributed by atoms with Crippen LogP contribution in [0.1, 0.15) is 56.0 Å². The molecule has 1 amide bonds. The Balaban J connectivity index is 0.00000210. The van der Waals surface area contributed by atoms with Crippen LogP contribution in [-0.2, 0) is 11.3 Å². The molecular weight excluding hydrogens is 409 g/mol. The molecule has 2 aliphatic heterocycles. The maximum Gasteiger partial charge on any atom is 0.254 e. The second kappa shape index (κ2) is 12.8. The molecule has 5 nitrogen and oxygen atoms in total. The van der Waals surface area contributed by atoms with E-state index in [1.165, 1.54) is 5.56 Å². The Kier molecular flexibility index (Phi) is 11.5. The summed E-state index contributed by atoms with van der Waals surface area (Å²) in [6, 6.07) is 8.62.